The quantitative estimate of drug-likeness (QED) is 0.855. The first-order valence-electron chi connectivity index (χ1n) is 8.33. The van der Waals surface area contributed by atoms with Crippen molar-refractivity contribution in [2.24, 2.45) is 5.92 Å². The first-order valence-corrected chi connectivity index (χ1v) is 8.33. The lowest BCUT2D eigenvalue weighted by Crippen LogP contribution is -2.23. The Morgan fingerprint density at radius 3 is 2.75 bits per heavy atom. The normalized spacial score (nSPS) is 16.7. The van der Waals surface area contributed by atoms with Gasteiger partial charge in [0.1, 0.15) is 5.76 Å². The number of anilines is 1. The van der Waals surface area contributed by atoms with Gasteiger partial charge in [-0.25, -0.2) is 0 Å². The molecule has 0 saturated heterocycles. The molecule has 0 radical (unpaired) electrons. The van der Waals surface area contributed by atoms with Gasteiger partial charge in [0.2, 0.25) is 5.91 Å². The van der Waals surface area contributed by atoms with Crippen LogP contribution in [0.2, 0.25) is 0 Å². The molecule has 2 amide bonds. The lowest BCUT2D eigenvalue weighted by atomic mass is 10.2. The Bertz CT molecular complexity index is 775. The Morgan fingerprint density at radius 1 is 1.17 bits per heavy atom. The molecule has 0 aliphatic heterocycles. The molecule has 0 bridgehead atoms. The maximum absolute atomic E-state index is 12.1. The first kappa shape index (κ1) is 14.9. The molecule has 1 aromatic heterocycles. The van der Waals surface area contributed by atoms with E-state index in [2.05, 4.69) is 15.8 Å². The molecule has 2 aliphatic carbocycles. The Labute approximate surface area is 139 Å². The van der Waals surface area contributed by atoms with E-state index in [1.807, 2.05) is 24.3 Å². The molecule has 6 heteroatoms. The molecule has 1 aromatic carbocycles. The van der Waals surface area contributed by atoms with Crippen LogP contribution in [0.5, 0.6) is 0 Å². The summed E-state index contributed by atoms with van der Waals surface area (Å²) in [7, 11) is 0. The van der Waals surface area contributed by atoms with Crippen LogP contribution < -0.4 is 10.6 Å². The molecule has 2 aliphatic rings. The molecule has 0 spiro atoms. The summed E-state index contributed by atoms with van der Waals surface area (Å²) in [6.45, 7) is 0.373. The van der Waals surface area contributed by atoms with Crippen LogP contribution in [0.1, 0.15) is 53.4 Å². The van der Waals surface area contributed by atoms with Crippen LogP contribution in [0.25, 0.3) is 0 Å². The van der Waals surface area contributed by atoms with Gasteiger partial charge in [0.15, 0.2) is 5.69 Å². The van der Waals surface area contributed by atoms with Crippen molar-refractivity contribution in [1.29, 1.82) is 0 Å². The number of rotatable bonds is 6. The lowest BCUT2D eigenvalue weighted by Gasteiger charge is -2.07. The zero-order valence-corrected chi connectivity index (χ0v) is 13.2. The third kappa shape index (κ3) is 3.48. The van der Waals surface area contributed by atoms with E-state index in [9.17, 15) is 9.59 Å². The fourth-order valence-corrected chi connectivity index (χ4v) is 2.58. The molecule has 0 unspecified atom stereocenters. The number of carbonyl (C=O) groups excluding carboxylic acids is 2. The van der Waals surface area contributed by atoms with Gasteiger partial charge in [0.25, 0.3) is 5.91 Å². The molecule has 1 heterocycles. The van der Waals surface area contributed by atoms with Crippen LogP contribution in [-0.4, -0.2) is 17.0 Å². The first-order chi connectivity index (χ1) is 11.7. The Kier molecular flexibility index (Phi) is 3.80. The highest BCUT2D eigenvalue weighted by atomic mass is 16.5. The molecular weight excluding hydrogens is 306 g/mol. The molecule has 2 fully saturated rings. The van der Waals surface area contributed by atoms with Gasteiger partial charge in [0, 0.05) is 30.1 Å². The predicted octanol–water partition coefficient (Wildman–Crippen LogP) is 2.83. The van der Waals surface area contributed by atoms with E-state index in [0.29, 0.717) is 18.2 Å². The molecule has 2 saturated carbocycles. The topological polar surface area (TPSA) is 84.2 Å². The molecule has 4 rings (SSSR count). The van der Waals surface area contributed by atoms with E-state index < -0.39 is 0 Å². The molecule has 6 nitrogen and oxygen atoms in total. The minimum atomic E-state index is -0.252. The summed E-state index contributed by atoms with van der Waals surface area (Å²) >= 11 is 0. The van der Waals surface area contributed by atoms with Gasteiger partial charge in [-0.1, -0.05) is 17.3 Å². The van der Waals surface area contributed by atoms with Crippen molar-refractivity contribution < 1.29 is 14.1 Å². The van der Waals surface area contributed by atoms with Crippen molar-refractivity contribution in [1.82, 2.24) is 10.5 Å². The van der Waals surface area contributed by atoms with Crippen LogP contribution in [0.4, 0.5) is 5.69 Å². The highest BCUT2D eigenvalue weighted by Gasteiger charge is 2.30. The molecule has 0 atom stereocenters. The fourth-order valence-electron chi connectivity index (χ4n) is 2.58. The number of nitrogens with one attached hydrogen (secondary N) is 2. The summed E-state index contributed by atoms with van der Waals surface area (Å²) in [4.78, 5) is 23.9. The Hall–Kier alpha value is -2.63. The maximum Gasteiger partial charge on any atom is 0.273 e. The van der Waals surface area contributed by atoms with Gasteiger partial charge < -0.3 is 15.2 Å². The van der Waals surface area contributed by atoms with Gasteiger partial charge in [-0.15, -0.1) is 0 Å². The van der Waals surface area contributed by atoms with E-state index in [-0.39, 0.29) is 17.7 Å². The summed E-state index contributed by atoms with van der Waals surface area (Å²) in [5.41, 5.74) is 1.99. The summed E-state index contributed by atoms with van der Waals surface area (Å²) in [6.07, 6.45) is 4.16. The van der Waals surface area contributed by atoms with Crippen LogP contribution in [0.15, 0.2) is 34.9 Å². The second-order valence-electron chi connectivity index (χ2n) is 6.54. The van der Waals surface area contributed by atoms with Crippen molar-refractivity contribution in [3.8, 4) is 0 Å². The largest absolute Gasteiger partial charge is 0.360 e. The van der Waals surface area contributed by atoms with E-state index in [1.54, 1.807) is 6.07 Å². The van der Waals surface area contributed by atoms with E-state index in [1.165, 1.54) is 0 Å². The molecule has 124 valence electrons. The minimum Gasteiger partial charge on any atom is -0.360 e. The fraction of sp³-hybridized carbons (Fsp3) is 0.389. The third-order valence-corrected chi connectivity index (χ3v) is 4.34. The molecule has 2 aromatic rings. The number of hydrogen-bond acceptors (Lipinski definition) is 4. The monoisotopic (exact) mass is 325 g/mol. The average molecular weight is 325 g/mol. The van der Waals surface area contributed by atoms with Crippen LogP contribution in [0, 0.1) is 5.92 Å². The summed E-state index contributed by atoms with van der Waals surface area (Å²) in [5.74, 6) is 1.22. The van der Waals surface area contributed by atoms with Crippen LogP contribution >= 0.6 is 0 Å². The molecule has 2 N–H and O–H groups in total. The van der Waals surface area contributed by atoms with Crippen LogP contribution in [-0.2, 0) is 11.3 Å². The van der Waals surface area contributed by atoms with Gasteiger partial charge in [-0.2, -0.15) is 0 Å². The molecule has 24 heavy (non-hydrogen) atoms. The average Bonchev–Trinajstić information content (AvgIpc) is 3.51. The summed E-state index contributed by atoms with van der Waals surface area (Å²) in [5, 5.41) is 9.57. The maximum atomic E-state index is 12.1. The van der Waals surface area contributed by atoms with Crippen molar-refractivity contribution >= 4 is 17.5 Å². The standard InChI is InChI=1S/C18H19N3O3/c22-17(13-6-7-13)20-14-3-1-2-11(8-14)10-19-18(23)15-9-16(24-21-15)12-4-5-12/h1-3,8-9,12-13H,4-7,10H2,(H,19,23)(H,20,22). The summed E-state index contributed by atoms with van der Waals surface area (Å²) in [6, 6.07) is 9.22. The van der Waals surface area contributed by atoms with Gasteiger partial charge in [0.05, 0.1) is 0 Å². The number of amides is 2. The number of benzene rings is 1. The molecular formula is C18H19N3O3. The van der Waals surface area contributed by atoms with Gasteiger partial charge >= 0.3 is 0 Å². The second kappa shape index (κ2) is 6.11. The number of carbonyl (C=O) groups is 2. The highest BCUT2D eigenvalue weighted by Crippen LogP contribution is 2.40. The number of nitrogens with zero attached hydrogens (tertiary/aromatic N) is 1. The van der Waals surface area contributed by atoms with Gasteiger partial charge in [-0.3, -0.25) is 9.59 Å². The number of aromatic nitrogens is 1. The predicted molar refractivity (Wildman–Crippen MR) is 87.4 cm³/mol. The zero-order chi connectivity index (χ0) is 16.5. The number of hydrogen-bond donors (Lipinski definition) is 2. The third-order valence-electron chi connectivity index (χ3n) is 4.34. The van der Waals surface area contributed by atoms with Crippen LogP contribution in [0.3, 0.4) is 0 Å². The van der Waals surface area contributed by atoms with Crippen molar-refractivity contribution in [2.45, 2.75) is 38.1 Å². The van der Waals surface area contributed by atoms with Crippen molar-refractivity contribution in [3.63, 3.8) is 0 Å². The van der Waals surface area contributed by atoms with E-state index >= 15 is 0 Å². The Balaban J connectivity index is 1.34. The SMILES string of the molecule is O=C(NCc1cccc(NC(=O)C2CC2)c1)c1cc(C2CC2)on1. The zero-order valence-electron chi connectivity index (χ0n) is 13.2. The highest BCUT2D eigenvalue weighted by molar-refractivity contribution is 5.94. The smallest absolute Gasteiger partial charge is 0.273 e. The lowest BCUT2D eigenvalue weighted by molar-refractivity contribution is -0.117. The van der Waals surface area contributed by atoms with Gasteiger partial charge in [-0.05, 0) is 43.4 Å². The summed E-state index contributed by atoms with van der Waals surface area (Å²) < 4.78 is 5.19. The second-order valence-corrected chi connectivity index (χ2v) is 6.54. The minimum absolute atomic E-state index is 0.0754. The van der Waals surface area contributed by atoms with Crippen molar-refractivity contribution in [2.75, 3.05) is 5.32 Å². The van der Waals surface area contributed by atoms with E-state index in [4.69, 9.17) is 4.52 Å². The van der Waals surface area contributed by atoms with Crippen molar-refractivity contribution in [3.05, 3.63) is 47.3 Å². The Morgan fingerprint density at radius 2 is 2.00 bits per heavy atom. The van der Waals surface area contributed by atoms with E-state index in [0.717, 1.165) is 42.7 Å².